The summed E-state index contributed by atoms with van der Waals surface area (Å²) in [6, 6.07) is 18.2. The first-order chi connectivity index (χ1) is 11.8. The number of hydrogen-bond donors (Lipinski definition) is 0. The van der Waals surface area contributed by atoms with Gasteiger partial charge < -0.3 is 0 Å². The van der Waals surface area contributed by atoms with Gasteiger partial charge in [-0.15, -0.1) is 10.2 Å². The Morgan fingerprint density at radius 3 is 2.67 bits per heavy atom. The van der Waals surface area contributed by atoms with Crippen molar-refractivity contribution in [3.63, 3.8) is 0 Å². The van der Waals surface area contributed by atoms with Crippen molar-refractivity contribution in [3.8, 4) is 17.5 Å². The quantitative estimate of drug-likeness (QED) is 0.533. The Morgan fingerprint density at radius 2 is 1.88 bits per heavy atom. The number of aromatic nitrogens is 4. The van der Waals surface area contributed by atoms with E-state index in [0.717, 1.165) is 27.9 Å². The number of fused-ring (bicyclic) bond motifs is 3. The molecular weight excluding hydrogens is 318 g/mol. The standard InChI is InChI=1S/C18H13N5S/c1-12-6-8-13(9-7-12)16-20-15-5-3-2-4-14(15)17-21-22-18(23(16)17)24-11-10-19/h2-9H,11H2,1H3. The zero-order chi connectivity index (χ0) is 16.5. The summed E-state index contributed by atoms with van der Waals surface area (Å²) in [6.07, 6.45) is 0. The van der Waals surface area contributed by atoms with E-state index in [9.17, 15) is 0 Å². The Bertz CT molecular complexity index is 1080. The summed E-state index contributed by atoms with van der Waals surface area (Å²) in [4.78, 5) is 4.83. The largest absolute Gasteiger partial charge is 0.253 e. The Morgan fingerprint density at radius 1 is 1.08 bits per heavy atom. The minimum Gasteiger partial charge on any atom is -0.253 e. The van der Waals surface area contributed by atoms with Gasteiger partial charge in [0.1, 0.15) is 5.82 Å². The first-order valence-corrected chi connectivity index (χ1v) is 8.47. The normalized spacial score (nSPS) is 11.0. The number of nitrogens with zero attached hydrogens (tertiary/aromatic N) is 5. The monoisotopic (exact) mass is 331 g/mol. The van der Waals surface area contributed by atoms with Crippen molar-refractivity contribution >= 4 is 28.3 Å². The molecule has 116 valence electrons. The summed E-state index contributed by atoms with van der Waals surface area (Å²) < 4.78 is 1.94. The van der Waals surface area contributed by atoms with Gasteiger partial charge in [0.15, 0.2) is 10.8 Å². The summed E-state index contributed by atoms with van der Waals surface area (Å²) in [5.74, 6) is 1.11. The van der Waals surface area contributed by atoms with Crippen molar-refractivity contribution in [1.29, 1.82) is 5.26 Å². The topological polar surface area (TPSA) is 66.9 Å². The zero-order valence-corrected chi connectivity index (χ0v) is 13.8. The Balaban J connectivity index is 2.06. The lowest BCUT2D eigenvalue weighted by Crippen LogP contribution is -1.99. The summed E-state index contributed by atoms with van der Waals surface area (Å²) in [7, 11) is 0. The highest BCUT2D eigenvalue weighted by Gasteiger charge is 2.16. The second-order valence-electron chi connectivity index (χ2n) is 5.41. The van der Waals surface area contributed by atoms with Crippen LogP contribution in [0, 0.1) is 18.3 Å². The molecule has 4 rings (SSSR count). The molecule has 5 nitrogen and oxygen atoms in total. The Kier molecular flexibility index (Phi) is 3.63. The lowest BCUT2D eigenvalue weighted by Gasteiger charge is -2.09. The van der Waals surface area contributed by atoms with E-state index in [1.165, 1.54) is 17.3 Å². The molecule has 4 aromatic rings. The van der Waals surface area contributed by atoms with Crippen LogP contribution < -0.4 is 0 Å². The summed E-state index contributed by atoms with van der Waals surface area (Å²) in [5.41, 5.74) is 3.83. The van der Waals surface area contributed by atoms with Crippen LogP contribution in [0.15, 0.2) is 53.7 Å². The Labute approximate surface area is 143 Å². The van der Waals surface area contributed by atoms with E-state index in [2.05, 4.69) is 35.3 Å². The Hall–Kier alpha value is -2.91. The van der Waals surface area contributed by atoms with Crippen LogP contribution in [0.2, 0.25) is 0 Å². The number of thioether (sulfide) groups is 1. The highest BCUT2D eigenvalue weighted by Crippen LogP contribution is 2.28. The van der Waals surface area contributed by atoms with Crippen LogP contribution in [0.4, 0.5) is 0 Å². The molecule has 2 aromatic carbocycles. The molecule has 0 aliphatic carbocycles. The molecule has 0 saturated carbocycles. The van der Waals surface area contributed by atoms with E-state index in [4.69, 9.17) is 10.2 Å². The smallest absolute Gasteiger partial charge is 0.198 e. The molecule has 0 amide bonds. The van der Waals surface area contributed by atoms with Gasteiger partial charge in [-0.2, -0.15) is 5.26 Å². The van der Waals surface area contributed by atoms with E-state index >= 15 is 0 Å². The predicted molar refractivity (Wildman–Crippen MR) is 94.8 cm³/mol. The zero-order valence-electron chi connectivity index (χ0n) is 13.0. The third-order valence-corrected chi connectivity index (χ3v) is 4.59. The fourth-order valence-electron chi connectivity index (χ4n) is 2.65. The maximum atomic E-state index is 8.88. The number of rotatable bonds is 3. The van der Waals surface area contributed by atoms with Gasteiger partial charge in [0, 0.05) is 10.9 Å². The average molecular weight is 331 g/mol. The van der Waals surface area contributed by atoms with Crippen molar-refractivity contribution in [2.45, 2.75) is 12.1 Å². The molecule has 0 saturated heterocycles. The maximum Gasteiger partial charge on any atom is 0.198 e. The van der Waals surface area contributed by atoms with Crippen LogP contribution in [0.3, 0.4) is 0 Å². The van der Waals surface area contributed by atoms with Crippen LogP contribution in [0.25, 0.3) is 27.9 Å². The second-order valence-corrected chi connectivity index (χ2v) is 6.35. The van der Waals surface area contributed by atoms with Gasteiger partial charge in [0.25, 0.3) is 0 Å². The van der Waals surface area contributed by atoms with Crippen molar-refractivity contribution in [1.82, 2.24) is 19.6 Å². The van der Waals surface area contributed by atoms with Gasteiger partial charge in [0.2, 0.25) is 0 Å². The summed E-state index contributed by atoms with van der Waals surface area (Å²) in [5, 5.41) is 19.1. The number of para-hydroxylation sites is 1. The molecule has 0 spiro atoms. The fraction of sp³-hybridized carbons (Fsp3) is 0.111. The van der Waals surface area contributed by atoms with Crippen LogP contribution in [-0.4, -0.2) is 25.3 Å². The van der Waals surface area contributed by atoms with Crippen molar-refractivity contribution in [2.24, 2.45) is 0 Å². The lowest BCUT2D eigenvalue weighted by atomic mass is 10.1. The average Bonchev–Trinajstić information content (AvgIpc) is 3.04. The van der Waals surface area contributed by atoms with Crippen molar-refractivity contribution in [2.75, 3.05) is 5.75 Å². The first kappa shape index (κ1) is 14.7. The van der Waals surface area contributed by atoms with E-state index in [1.807, 2.05) is 40.8 Å². The van der Waals surface area contributed by atoms with E-state index in [-0.39, 0.29) is 0 Å². The molecule has 0 aliphatic heterocycles. The molecule has 0 atom stereocenters. The molecule has 0 radical (unpaired) electrons. The van der Waals surface area contributed by atoms with E-state index in [0.29, 0.717) is 10.9 Å². The molecule has 0 N–H and O–H groups in total. The van der Waals surface area contributed by atoms with Crippen LogP contribution in [-0.2, 0) is 0 Å². The highest BCUT2D eigenvalue weighted by atomic mass is 32.2. The van der Waals surface area contributed by atoms with Gasteiger partial charge in [-0.05, 0) is 19.1 Å². The number of hydrogen-bond acceptors (Lipinski definition) is 5. The van der Waals surface area contributed by atoms with Gasteiger partial charge in [0.05, 0.1) is 17.3 Å². The SMILES string of the molecule is Cc1ccc(-c2nc3ccccc3c3nnc(SCC#N)n23)cc1. The van der Waals surface area contributed by atoms with Gasteiger partial charge in [-0.1, -0.05) is 53.7 Å². The maximum absolute atomic E-state index is 8.88. The number of benzene rings is 2. The van der Waals surface area contributed by atoms with Crippen molar-refractivity contribution in [3.05, 3.63) is 54.1 Å². The first-order valence-electron chi connectivity index (χ1n) is 7.48. The summed E-state index contributed by atoms with van der Waals surface area (Å²) in [6.45, 7) is 2.06. The minimum atomic E-state index is 0.320. The van der Waals surface area contributed by atoms with Crippen LogP contribution >= 0.6 is 11.8 Å². The minimum absolute atomic E-state index is 0.320. The molecule has 24 heavy (non-hydrogen) atoms. The third kappa shape index (κ3) is 2.39. The van der Waals surface area contributed by atoms with E-state index in [1.54, 1.807) is 0 Å². The molecule has 0 aliphatic rings. The molecule has 6 heteroatoms. The summed E-state index contributed by atoms with van der Waals surface area (Å²) >= 11 is 1.37. The van der Waals surface area contributed by atoms with Crippen LogP contribution in [0.5, 0.6) is 0 Å². The van der Waals surface area contributed by atoms with E-state index < -0.39 is 0 Å². The second kappa shape index (κ2) is 5.95. The molecule has 0 unspecified atom stereocenters. The molecule has 2 heterocycles. The van der Waals surface area contributed by atoms with Crippen LogP contribution in [0.1, 0.15) is 5.56 Å². The van der Waals surface area contributed by atoms with Gasteiger partial charge >= 0.3 is 0 Å². The third-order valence-electron chi connectivity index (χ3n) is 3.79. The molecular formula is C18H13N5S. The fourth-order valence-corrected chi connectivity index (χ4v) is 3.24. The highest BCUT2D eigenvalue weighted by molar-refractivity contribution is 7.99. The van der Waals surface area contributed by atoms with Gasteiger partial charge in [-0.25, -0.2) is 4.98 Å². The number of nitriles is 1. The van der Waals surface area contributed by atoms with Crippen molar-refractivity contribution < 1.29 is 0 Å². The molecule has 0 fully saturated rings. The number of aryl methyl sites for hydroxylation is 1. The lowest BCUT2D eigenvalue weighted by molar-refractivity contribution is 0.915. The van der Waals surface area contributed by atoms with Gasteiger partial charge in [-0.3, -0.25) is 4.40 Å². The molecule has 0 bridgehead atoms. The predicted octanol–water partition coefficient (Wildman–Crippen LogP) is 3.87. The molecule has 2 aromatic heterocycles.